The van der Waals surface area contributed by atoms with Gasteiger partial charge in [-0.2, -0.15) is 5.10 Å². The van der Waals surface area contributed by atoms with Crippen LogP contribution in [0, 0.1) is 0 Å². The highest BCUT2D eigenvalue weighted by atomic mass is 16.5. The summed E-state index contributed by atoms with van der Waals surface area (Å²) in [6.07, 6.45) is 0. The summed E-state index contributed by atoms with van der Waals surface area (Å²) in [6.45, 7) is 1.29. The zero-order valence-corrected chi connectivity index (χ0v) is 9.26. The van der Waals surface area contributed by atoms with E-state index < -0.39 is 0 Å². The van der Waals surface area contributed by atoms with Crippen molar-refractivity contribution in [2.24, 2.45) is 0 Å². The molecule has 4 nitrogen and oxygen atoms in total. The highest BCUT2D eigenvalue weighted by Crippen LogP contribution is 2.19. The largest absolute Gasteiger partial charge is 0.384 e. The molecule has 1 aromatic carbocycles. The molecule has 4 heteroatoms. The third kappa shape index (κ3) is 2.23. The highest BCUT2D eigenvalue weighted by molar-refractivity contribution is 5.61. The molecule has 0 unspecified atom stereocenters. The first-order valence-corrected chi connectivity index (χ1v) is 5.19. The Labute approximate surface area is 94.6 Å². The summed E-state index contributed by atoms with van der Waals surface area (Å²) in [5.74, 6) is 0.663. The molecule has 0 aliphatic carbocycles. The number of ether oxygens (including phenoxy) is 1. The van der Waals surface area contributed by atoms with Gasteiger partial charge in [0.05, 0.1) is 18.8 Å². The summed E-state index contributed by atoms with van der Waals surface area (Å²) in [6, 6.07) is 11.9. The first kappa shape index (κ1) is 10.7. The zero-order valence-electron chi connectivity index (χ0n) is 9.26. The van der Waals surface area contributed by atoms with Crippen molar-refractivity contribution in [1.29, 1.82) is 0 Å². The standard InChI is InChI=1S/C12H15N3O/c1-16-8-7-15-12(13)9-11(14-15)10-5-3-2-4-6-10/h2-6,9H,7-8,13H2,1H3. The summed E-state index contributed by atoms with van der Waals surface area (Å²) in [5, 5.41) is 4.43. The van der Waals surface area contributed by atoms with Gasteiger partial charge in [0.2, 0.25) is 0 Å². The fraction of sp³-hybridized carbons (Fsp3) is 0.250. The van der Waals surface area contributed by atoms with Gasteiger partial charge in [0, 0.05) is 18.7 Å². The Bertz CT molecular complexity index is 451. The van der Waals surface area contributed by atoms with Crippen LogP contribution in [0.2, 0.25) is 0 Å². The lowest BCUT2D eigenvalue weighted by atomic mass is 10.2. The Morgan fingerprint density at radius 2 is 2.06 bits per heavy atom. The van der Waals surface area contributed by atoms with Crippen LogP contribution in [0.25, 0.3) is 11.3 Å². The molecule has 0 amide bonds. The molecule has 0 aliphatic heterocycles. The van der Waals surface area contributed by atoms with Gasteiger partial charge >= 0.3 is 0 Å². The normalized spacial score (nSPS) is 10.6. The van der Waals surface area contributed by atoms with Gasteiger partial charge in [0.15, 0.2) is 0 Å². The SMILES string of the molecule is COCCn1nc(-c2ccccc2)cc1N. The molecule has 0 saturated carbocycles. The van der Waals surface area contributed by atoms with E-state index in [1.54, 1.807) is 11.8 Å². The van der Waals surface area contributed by atoms with Crippen LogP contribution in [0.3, 0.4) is 0 Å². The molecule has 0 spiro atoms. The minimum Gasteiger partial charge on any atom is -0.384 e. The number of nitrogens with two attached hydrogens (primary N) is 1. The van der Waals surface area contributed by atoms with E-state index in [4.69, 9.17) is 10.5 Å². The van der Waals surface area contributed by atoms with E-state index in [0.717, 1.165) is 11.3 Å². The van der Waals surface area contributed by atoms with Crippen molar-refractivity contribution >= 4 is 5.82 Å². The van der Waals surface area contributed by atoms with Gasteiger partial charge in [0.25, 0.3) is 0 Å². The van der Waals surface area contributed by atoms with Crippen LogP contribution in [0.5, 0.6) is 0 Å². The van der Waals surface area contributed by atoms with Crippen LogP contribution in [-0.2, 0) is 11.3 Å². The van der Waals surface area contributed by atoms with Crippen LogP contribution < -0.4 is 5.73 Å². The maximum Gasteiger partial charge on any atom is 0.122 e. The molecule has 0 atom stereocenters. The summed E-state index contributed by atoms with van der Waals surface area (Å²) in [4.78, 5) is 0. The smallest absolute Gasteiger partial charge is 0.122 e. The van der Waals surface area contributed by atoms with Crippen molar-refractivity contribution in [3.8, 4) is 11.3 Å². The molecule has 2 N–H and O–H groups in total. The number of rotatable bonds is 4. The number of benzene rings is 1. The predicted octanol–water partition coefficient (Wildman–Crippen LogP) is 1.78. The average molecular weight is 217 g/mol. The maximum atomic E-state index is 5.86. The molecule has 0 fully saturated rings. The quantitative estimate of drug-likeness (QED) is 0.849. The lowest BCUT2D eigenvalue weighted by molar-refractivity contribution is 0.184. The third-order valence-electron chi connectivity index (χ3n) is 2.39. The number of aromatic nitrogens is 2. The fourth-order valence-corrected chi connectivity index (χ4v) is 1.54. The van der Waals surface area contributed by atoms with Crippen molar-refractivity contribution in [3.63, 3.8) is 0 Å². The number of nitrogens with zero attached hydrogens (tertiary/aromatic N) is 2. The maximum absolute atomic E-state index is 5.86. The topological polar surface area (TPSA) is 53.1 Å². The predicted molar refractivity (Wildman–Crippen MR) is 64.0 cm³/mol. The molecule has 0 saturated heterocycles. The second-order valence-corrected chi connectivity index (χ2v) is 3.54. The second kappa shape index (κ2) is 4.81. The van der Waals surface area contributed by atoms with Crippen molar-refractivity contribution in [1.82, 2.24) is 9.78 Å². The Balaban J connectivity index is 2.24. The van der Waals surface area contributed by atoms with Crippen LogP contribution in [0.4, 0.5) is 5.82 Å². The van der Waals surface area contributed by atoms with E-state index in [9.17, 15) is 0 Å². The average Bonchev–Trinajstić information content (AvgIpc) is 2.69. The van der Waals surface area contributed by atoms with Crippen LogP contribution in [-0.4, -0.2) is 23.5 Å². The van der Waals surface area contributed by atoms with Gasteiger partial charge in [-0.1, -0.05) is 30.3 Å². The molecular weight excluding hydrogens is 202 g/mol. The number of nitrogen functional groups attached to an aromatic ring is 1. The number of hydrogen-bond donors (Lipinski definition) is 1. The monoisotopic (exact) mass is 217 g/mol. The van der Waals surface area contributed by atoms with Crippen LogP contribution in [0.1, 0.15) is 0 Å². The minimum atomic E-state index is 0.611. The van der Waals surface area contributed by atoms with E-state index in [2.05, 4.69) is 5.10 Å². The van der Waals surface area contributed by atoms with E-state index >= 15 is 0 Å². The van der Waals surface area contributed by atoms with Gasteiger partial charge in [-0.15, -0.1) is 0 Å². The molecule has 2 aromatic rings. The number of anilines is 1. The number of methoxy groups -OCH3 is 1. The Kier molecular flexibility index (Phi) is 3.22. The van der Waals surface area contributed by atoms with Crippen LogP contribution in [0.15, 0.2) is 36.4 Å². The van der Waals surface area contributed by atoms with Gasteiger partial charge in [-0.3, -0.25) is 0 Å². The molecule has 0 radical (unpaired) electrons. The molecular formula is C12H15N3O. The van der Waals surface area contributed by atoms with E-state index in [0.29, 0.717) is 19.0 Å². The summed E-state index contributed by atoms with van der Waals surface area (Å²) in [5.41, 5.74) is 7.84. The van der Waals surface area contributed by atoms with Crippen molar-refractivity contribution in [3.05, 3.63) is 36.4 Å². The van der Waals surface area contributed by atoms with Gasteiger partial charge < -0.3 is 10.5 Å². The summed E-state index contributed by atoms with van der Waals surface area (Å²) in [7, 11) is 1.66. The molecule has 0 bridgehead atoms. The Hall–Kier alpha value is -1.81. The third-order valence-corrected chi connectivity index (χ3v) is 2.39. The molecule has 84 valence electrons. The highest BCUT2D eigenvalue weighted by Gasteiger charge is 2.05. The first-order valence-electron chi connectivity index (χ1n) is 5.19. The summed E-state index contributed by atoms with van der Waals surface area (Å²) >= 11 is 0. The minimum absolute atomic E-state index is 0.611. The van der Waals surface area contributed by atoms with E-state index in [1.165, 1.54) is 0 Å². The van der Waals surface area contributed by atoms with Crippen LogP contribution >= 0.6 is 0 Å². The number of hydrogen-bond acceptors (Lipinski definition) is 3. The molecule has 2 rings (SSSR count). The van der Waals surface area contributed by atoms with Crippen molar-refractivity contribution in [2.75, 3.05) is 19.5 Å². The van der Waals surface area contributed by atoms with Gasteiger partial charge in [0.1, 0.15) is 5.82 Å². The Morgan fingerprint density at radius 3 is 2.75 bits per heavy atom. The molecule has 1 heterocycles. The van der Waals surface area contributed by atoms with E-state index in [1.807, 2.05) is 36.4 Å². The van der Waals surface area contributed by atoms with Gasteiger partial charge in [-0.25, -0.2) is 4.68 Å². The summed E-state index contributed by atoms with van der Waals surface area (Å²) < 4.78 is 6.76. The molecule has 0 aliphatic rings. The lowest BCUT2D eigenvalue weighted by Gasteiger charge is -2.01. The first-order chi connectivity index (χ1) is 7.81. The Morgan fingerprint density at radius 1 is 1.31 bits per heavy atom. The molecule has 1 aromatic heterocycles. The zero-order chi connectivity index (χ0) is 11.4. The van der Waals surface area contributed by atoms with E-state index in [-0.39, 0.29) is 0 Å². The van der Waals surface area contributed by atoms with Crippen molar-refractivity contribution in [2.45, 2.75) is 6.54 Å². The molecule has 16 heavy (non-hydrogen) atoms. The van der Waals surface area contributed by atoms with Crippen molar-refractivity contribution < 1.29 is 4.74 Å². The van der Waals surface area contributed by atoms with Gasteiger partial charge in [-0.05, 0) is 0 Å². The fourth-order valence-electron chi connectivity index (χ4n) is 1.54. The second-order valence-electron chi connectivity index (χ2n) is 3.54. The lowest BCUT2D eigenvalue weighted by Crippen LogP contribution is -2.08.